The summed E-state index contributed by atoms with van der Waals surface area (Å²) in [5, 5.41) is 14.6. The van der Waals surface area contributed by atoms with Crippen LogP contribution in [-0.2, 0) is 22.6 Å². The Kier molecular flexibility index (Phi) is 7.04. The molecule has 2 fully saturated rings. The predicted octanol–water partition coefficient (Wildman–Crippen LogP) is 1.75. The van der Waals surface area contributed by atoms with Gasteiger partial charge in [0.05, 0.1) is 31.6 Å². The molecule has 0 aromatic carbocycles. The van der Waals surface area contributed by atoms with E-state index >= 15 is 0 Å². The maximum Gasteiger partial charge on any atom is 0.269 e. The second kappa shape index (κ2) is 9.93. The van der Waals surface area contributed by atoms with Crippen molar-refractivity contribution in [3.8, 4) is 0 Å². The topological polar surface area (TPSA) is 97.3 Å². The van der Waals surface area contributed by atoms with Gasteiger partial charge in [0.1, 0.15) is 5.69 Å². The van der Waals surface area contributed by atoms with Gasteiger partial charge in [-0.25, -0.2) is 0 Å². The van der Waals surface area contributed by atoms with E-state index in [1.54, 1.807) is 24.1 Å². The second-order valence-corrected chi connectivity index (χ2v) is 8.93. The Balaban J connectivity index is 1.19. The molecule has 2 aliphatic rings. The van der Waals surface area contributed by atoms with Gasteiger partial charge in [-0.2, -0.15) is 10.2 Å². The molecule has 1 spiro atoms. The number of carbonyl (C=O) groups is 1. The van der Waals surface area contributed by atoms with Crippen molar-refractivity contribution in [2.45, 2.75) is 51.8 Å². The van der Waals surface area contributed by atoms with Crippen LogP contribution in [-0.4, -0.2) is 76.8 Å². The highest BCUT2D eigenvalue weighted by molar-refractivity contribution is 5.92. The van der Waals surface area contributed by atoms with E-state index < -0.39 is 0 Å². The molecular formula is C22H34N6O3. The van der Waals surface area contributed by atoms with Crippen LogP contribution >= 0.6 is 0 Å². The zero-order valence-electron chi connectivity index (χ0n) is 18.6. The first-order valence-electron chi connectivity index (χ1n) is 11.2. The molecule has 2 aliphatic heterocycles. The third kappa shape index (κ3) is 5.53. The van der Waals surface area contributed by atoms with Gasteiger partial charge in [-0.15, -0.1) is 0 Å². The minimum absolute atomic E-state index is 0.0787. The molecule has 0 radical (unpaired) electrons. The lowest BCUT2D eigenvalue weighted by Gasteiger charge is -2.45. The maximum atomic E-state index is 12.5. The molecule has 2 saturated heterocycles. The monoisotopic (exact) mass is 430 g/mol. The zero-order valence-corrected chi connectivity index (χ0v) is 18.6. The first-order valence-corrected chi connectivity index (χ1v) is 11.2. The molecular weight excluding hydrogens is 396 g/mol. The number of H-pyrrole nitrogens is 1. The molecule has 0 aliphatic carbocycles. The number of amides is 1. The Morgan fingerprint density at radius 1 is 1.39 bits per heavy atom. The van der Waals surface area contributed by atoms with Gasteiger partial charge in [-0.3, -0.25) is 19.5 Å². The number of nitrogens with zero attached hydrogens (tertiary/aromatic N) is 4. The third-order valence-corrected chi connectivity index (χ3v) is 6.63. The predicted molar refractivity (Wildman–Crippen MR) is 116 cm³/mol. The lowest BCUT2D eigenvalue weighted by molar-refractivity contribution is -0.0845. The van der Waals surface area contributed by atoms with E-state index in [2.05, 4.69) is 31.6 Å². The lowest BCUT2D eigenvalue weighted by Crippen LogP contribution is -2.47. The Morgan fingerprint density at radius 3 is 2.90 bits per heavy atom. The van der Waals surface area contributed by atoms with Gasteiger partial charge in [-0.1, -0.05) is 0 Å². The van der Waals surface area contributed by atoms with Gasteiger partial charge in [-0.05, 0) is 63.2 Å². The Bertz CT molecular complexity index is 845. The van der Waals surface area contributed by atoms with E-state index in [1.165, 1.54) is 0 Å². The summed E-state index contributed by atoms with van der Waals surface area (Å²) in [5.74, 6) is -0.112. The van der Waals surface area contributed by atoms with Crippen LogP contribution in [0.15, 0.2) is 18.3 Å². The van der Waals surface area contributed by atoms with Crippen LogP contribution in [0.3, 0.4) is 0 Å². The standard InChI is InChI=1S/C22H34N6O3/c1-17-13-18(26-25-17)15-27-9-6-22(7-10-27)5-3-19(31-16-22)14-23-21(29)20-4-8-24-28(20)11-12-30-2/h4,8,13,19H,3,5-7,9-12,14-16H2,1-2H3,(H,23,29)(H,25,26). The van der Waals surface area contributed by atoms with Crippen LogP contribution in [0.2, 0.25) is 0 Å². The number of aromatic nitrogens is 4. The highest BCUT2D eigenvalue weighted by atomic mass is 16.5. The van der Waals surface area contributed by atoms with Crippen molar-refractivity contribution >= 4 is 5.91 Å². The van der Waals surface area contributed by atoms with E-state index in [1.807, 2.05) is 6.92 Å². The first-order chi connectivity index (χ1) is 15.1. The number of methoxy groups -OCH3 is 1. The summed E-state index contributed by atoms with van der Waals surface area (Å²) in [7, 11) is 1.64. The van der Waals surface area contributed by atoms with Gasteiger partial charge >= 0.3 is 0 Å². The summed E-state index contributed by atoms with van der Waals surface area (Å²) in [6, 6.07) is 3.86. The van der Waals surface area contributed by atoms with Gasteiger partial charge in [0.15, 0.2) is 0 Å². The van der Waals surface area contributed by atoms with Crippen LogP contribution in [0, 0.1) is 12.3 Å². The molecule has 1 amide bonds. The smallest absolute Gasteiger partial charge is 0.269 e. The van der Waals surface area contributed by atoms with Crippen LogP contribution in [0.1, 0.15) is 47.6 Å². The fourth-order valence-electron chi connectivity index (χ4n) is 4.62. The number of ether oxygens (including phenoxy) is 2. The van der Waals surface area contributed by atoms with Crippen molar-refractivity contribution < 1.29 is 14.3 Å². The molecule has 2 N–H and O–H groups in total. The summed E-state index contributed by atoms with van der Waals surface area (Å²) in [5.41, 5.74) is 3.08. The number of carbonyl (C=O) groups excluding carboxylic acids is 1. The average Bonchev–Trinajstić information content (AvgIpc) is 3.42. The molecule has 2 aromatic heterocycles. The van der Waals surface area contributed by atoms with Crippen LogP contribution in [0.25, 0.3) is 0 Å². The molecule has 170 valence electrons. The first kappa shape index (κ1) is 22.0. The quantitative estimate of drug-likeness (QED) is 0.662. The number of aryl methyl sites for hydroxylation is 1. The second-order valence-electron chi connectivity index (χ2n) is 8.93. The fourth-order valence-corrected chi connectivity index (χ4v) is 4.62. The van der Waals surface area contributed by atoms with Crippen LogP contribution in [0.5, 0.6) is 0 Å². The van der Waals surface area contributed by atoms with Gasteiger partial charge < -0.3 is 14.8 Å². The summed E-state index contributed by atoms with van der Waals surface area (Å²) >= 11 is 0. The number of piperidine rings is 1. The number of likely N-dealkylation sites (tertiary alicyclic amines) is 1. The normalized spacial score (nSPS) is 21.4. The lowest BCUT2D eigenvalue weighted by atomic mass is 9.73. The zero-order chi connectivity index (χ0) is 21.7. The van der Waals surface area contributed by atoms with E-state index in [0.29, 0.717) is 25.4 Å². The number of hydrogen-bond donors (Lipinski definition) is 2. The van der Waals surface area contributed by atoms with Crippen molar-refractivity contribution in [2.24, 2.45) is 5.41 Å². The highest BCUT2D eigenvalue weighted by Crippen LogP contribution is 2.40. The van der Waals surface area contributed by atoms with Gasteiger partial charge in [0.25, 0.3) is 5.91 Å². The Morgan fingerprint density at radius 2 is 2.23 bits per heavy atom. The van der Waals surface area contributed by atoms with E-state index in [4.69, 9.17) is 9.47 Å². The van der Waals surface area contributed by atoms with Gasteiger partial charge in [0.2, 0.25) is 0 Å². The number of rotatable bonds is 8. The summed E-state index contributed by atoms with van der Waals surface area (Å²) < 4.78 is 12.9. The minimum Gasteiger partial charge on any atom is -0.383 e. The molecule has 9 heteroatoms. The SMILES string of the molecule is COCCn1nccc1C(=O)NCC1CCC2(CCN(Cc3cc(C)[nH]n3)CC2)CO1. The molecule has 31 heavy (non-hydrogen) atoms. The largest absolute Gasteiger partial charge is 0.383 e. The Hall–Kier alpha value is -2.23. The van der Waals surface area contributed by atoms with E-state index in [0.717, 1.165) is 63.3 Å². The number of aromatic amines is 1. The van der Waals surface area contributed by atoms with Crippen molar-refractivity contribution in [3.63, 3.8) is 0 Å². The molecule has 9 nitrogen and oxygen atoms in total. The van der Waals surface area contributed by atoms with Crippen molar-refractivity contribution in [1.29, 1.82) is 0 Å². The molecule has 4 rings (SSSR count). The molecule has 1 unspecified atom stereocenters. The van der Waals surface area contributed by atoms with Gasteiger partial charge in [0, 0.05) is 32.1 Å². The maximum absolute atomic E-state index is 12.5. The Labute approximate surface area is 183 Å². The van der Waals surface area contributed by atoms with Crippen molar-refractivity contribution in [3.05, 3.63) is 35.4 Å². The summed E-state index contributed by atoms with van der Waals surface area (Å²) in [6.07, 6.45) is 6.19. The number of hydrogen-bond acceptors (Lipinski definition) is 6. The molecule has 1 atom stereocenters. The molecule has 0 saturated carbocycles. The third-order valence-electron chi connectivity index (χ3n) is 6.63. The van der Waals surface area contributed by atoms with E-state index in [-0.39, 0.29) is 17.4 Å². The van der Waals surface area contributed by atoms with Crippen LogP contribution in [0.4, 0.5) is 0 Å². The highest BCUT2D eigenvalue weighted by Gasteiger charge is 2.39. The average molecular weight is 431 g/mol. The minimum atomic E-state index is -0.112. The van der Waals surface area contributed by atoms with E-state index in [9.17, 15) is 4.79 Å². The molecule has 2 aromatic rings. The van der Waals surface area contributed by atoms with Crippen LogP contribution < -0.4 is 5.32 Å². The summed E-state index contributed by atoms with van der Waals surface area (Å²) in [6.45, 7) is 7.53. The fraction of sp³-hybridized carbons (Fsp3) is 0.682. The molecule has 0 bridgehead atoms. The van der Waals surface area contributed by atoms with Crippen molar-refractivity contribution in [2.75, 3.05) is 40.0 Å². The molecule has 4 heterocycles. The summed E-state index contributed by atoms with van der Waals surface area (Å²) in [4.78, 5) is 15.0. The van der Waals surface area contributed by atoms with Crippen molar-refractivity contribution in [1.82, 2.24) is 30.2 Å². The number of nitrogens with one attached hydrogen (secondary N) is 2.